The fraction of sp³-hybridized carbons (Fsp3) is 0.100. The van der Waals surface area contributed by atoms with Gasteiger partial charge in [-0.3, -0.25) is 9.78 Å². The minimum Gasteiger partial charge on any atom is -0.383 e. The second kappa shape index (κ2) is 8.20. The van der Waals surface area contributed by atoms with Crippen LogP contribution in [0.4, 0.5) is 20.2 Å². The normalized spacial score (nSPS) is 10.4. The Labute approximate surface area is 149 Å². The Morgan fingerprint density at radius 3 is 2.46 bits per heavy atom. The maximum atomic E-state index is 13.6. The number of benzene rings is 2. The molecule has 0 atom stereocenters. The topological polar surface area (TPSA) is 54.0 Å². The molecule has 3 rings (SSSR count). The third-order valence-corrected chi connectivity index (χ3v) is 3.80. The first-order valence-corrected chi connectivity index (χ1v) is 8.11. The monoisotopic (exact) mass is 353 g/mol. The zero-order valence-electron chi connectivity index (χ0n) is 13.9. The molecule has 4 nitrogen and oxygen atoms in total. The van der Waals surface area contributed by atoms with Gasteiger partial charge in [0.15, 0.2) is 0 Å². The Balaban J connectivity index is 1.62. The molecule has 132 valence electrons. The SMILES string of the molecule is O=C(Nc1ccccc1F)c1cncc(NCCc2ccccc2F)c1. The number of anilines is 2. The highest BCUT2D eigenvalue weighted by atomic mass is 19.1. The Kier molecular flexibility index (Phi) is 5.53. The van der Waals surface area contributed by atoms with Gasteiger partial charge >= 0.3 is 0 Å². The van der Waals surface area contributed by atoms with Gasteiger partial charge in [-0.1, -0.05) is 30.3 Å². The fourth-order valence-electron chi connectivity index (χ4n) is 2.46. The van der Waals surface area contributed by atoms with E-state index in [4.69, 9.17) is 0 Å². The first-order chi connectivity index (χ1) is 12.6. The molecule has 1 aromatic heterocycles. The van der Waals surface area contributed by atoms with E-state index in [0.29, 0.717) is 29.8 Å². The number of hydrogen-bond donors (Lipinski definition) is 2. The molecular formula is C20H17F2N3O. The maximum Gasteiger partial charge on any atom is 0.257 e. The number of carbonyl (C=O) groups excluding carboxylic acids is 1. The number of para-hydroxylation sites is 1. The van der Waals surface area contributed by atoms with Crippen LogP contribution >= 0.6 is 0 Å². The van der Waals surface area contributed by atoms with Crippen LogP contribution < -0.4 is 10.6 Å². The molecule has 0 saturated heterocycles. The van der Waals surface area contributed by atoms with Gasteiger partial charge in [0.05, 0.1) is 16.9 Å². The molecule has 0 aliphatic heterocycles. The quantitative estimate of drug-likeness (QED) is 0.696. The van der Waals surface area contributed by atoms with E-state index in [2.05, 4.69) is 15.6 Å². The molecule has 0 unspecified atom stereocenters. The number of nitrogens with zero attached hydrogens (tertiary/aromatic N) is 1. The molecule has 0 spiro atoms. The van der Waals surface area contributed by atoms with Crippen molar-refractivity contribution in [1.82, 2.24) is 4.98 Å². The van der Waals surface area contributed by atoms with Gasteiger partial charge in [0.1, 0.15) is 11.6 Å². The standard InChI is InChI=1S/C20H17F2N3O/c21-17-6-2-1-5-14(17)9-10-24-16-11-15(12-23-13-16)20(26)25-19-8-4-3-7-18(19)22/h1-8,11-13,24H,9-10H2,(H,25,26). The lowest BCUT2D eigenvalue weighted by Gasteiger charge is -2.09. The average molecular weight is 353 g/mol. The van der Waals surface area contributed by atoms with Crippen molar-refractivity contribution in [2.24, 2.45) is 0 Å². The summed E-state index contributed by atoms with van der Waals surface area (Å²) < 4.78 is 27.2. The molecular weight excluding hydrogens is 336 g/mol. The van der Waals surface area contributed by atoms with Crippen molar-refractivity contribution in [2.75, 3.05) is 17.2 Å². The van der Waals surface area contributed by atoms with Crippen molar-refractivity contribution >= 4 is 17.3 Å². The minimum atomic E-state index is -0.507. The van der Waals surface area contributed by atoms with E-state index in [1.165, 1.54) is 24.4 Å². The summed E-state index contributed by atoms with van der Waals surface area (Å²) in [5, 5.41) is 5.62. The molecule has 0 fully saturated rings. The lowest BCUT2D eigenvalue weighted by atomic mass is 10.1. The summed E-state index contributed by atoms with van der Waals surface area (Å²) in [5.41, 5.74) is 1.64. The molecule has 0 saturated carbocycles. The van der Waals surface area contributed by atoms with Gasteiger partial charge < -0.3 is 10.6 Å². The van der Waals surface area contributed by atoms with Crippen molar-refractivity contribution in [3.63, 3.8) is 0 Å². The van der Waals surface area contributed by atoms with Crippen LogP contribution in [-0.2, 0) is 6.42 Å². The van der Waals surface area contributed by atoms with Gasteiger partial charge in [-0.2, -0.15) is 0 Å². The molecule has 0 aliphatic rings. The number of rotatable bonds is 6. The highest BCUT2D eigenvalue weighted by molar-refractivity contribution is 6.04. The van der Waals surface area contributed by atoms with Crippen molar-refractivity contribution < 1.29 is 13.6 Å². The summed E-state index contributed by atoms with van der Waals surface area (Å²) in [6, 6.07) is 14.1. The Morgan fingerprint density at radius 1 is 0.962 bits per heavy atom. The largest absolute Gasteiger partial charge is 0.383 e. The highest BCUT2D eigenvalue weighted by Crippen LogP contribution is 2.15. The molecule has 0 aliphatic carbocycles. The predicted octanol–water partition coefficient (Wildman–Crippen LogP) is 4.27. The van der Waals surface area contributed by atoms with E-state index in [-0.39, 0.29) is 11.5 Å². The van der Waals surface area contributed by atoms with Crippen LogP contribution in [0.2, 0.25) is 0 Å². The third-order valence-electron chi connectivity index (χ3n) is 3.80. The maximum absolute atomic E-state index is 13.6. The second-order valence-corrected chi connectivity index (χ2v) is 5.66. The summed E-state index contributed by atoms with van der Waals surface area (Å²) in [6.45, 7) is 0.487. The van der Waals surface area contributed by atoms with Crippen LogP contribution in [0.5, 0.6) is 0 Å². The number of pyridine rings is 1. The van der Waals surface area contributed by atoms with E-state index in [0.717, 1.165) is 0 Å². The minimum absolute atomic E-state index is 0.107. The van der Waals surface area contributed by atoms with Crippen LogP contribution in [0.1, 0.15) is 15.9 Å². The number of halogens is 2. The van der Waals surface area contributed by atoms with Crippen LogP contribution in [-0.4, -0.2) is 17.4 Å². The van der Waals surface area contributed by atoms with Crippen LogP contribution in [0, 0.1) is 11.6 Å². The van der Waals surface area contributed by atoms with E-state index in [1.807, 2.05) is 0 Å². The fourth-order valence-corrected chi connectivity index (χ4v) is 2.46. The number of aromatic nitrogens is 1. The van der Waals surface area contributed by atoms with E-state index >= 15 is 0 Å². The summed E-state index contributed by atoms with van der Waals surface area (Å²) >= 11 is 0. The number of nitrogens with one attached hydrogen (secondary N) is 2. The van der Waals surface area contributed by atoms with Gasteiger partial charge in [0, 0.05) is 18.9 Å². The Bertz CT molecular complexity index is 915. The van der Waals surface area contributed by atoms with Gasteiger partial charge in [0.25, 0.3) is 5.91 Å². The predicted molar refractivity (Wildman–Crippen MR) is 97.2 cm³/mol. The van der Waals surface area contributed by atoms with Crippen LogP contribution in [0.3, 0.4) is 0 Å². The number of carbonyl (C=O) groups is 1. The van der Waals surface area contributed by atoms with Gasteiger partial charge in [-0.25, -0.2) is 8.78 Å². The van der Waals surface area contributed by atoms with Gasteiger partial charge in [-0.15, -0.1) is 0 Å². The van der Waals surface area contributed by atoms with Crippen LogP contribution in [0.15, 0.2) is 67.0 Å². The summed E-state index contributed by atoms with van der Waals surface area (Å²) in [5.74, 6) is -1.21. The molecule has 3 aromatic rings. The second-order valence-electron chi connectivity index (χ2n) is 5.66. The Morgan fingerprint density at radius 2 is 1.69 bits per heavy atom. The van der Waals surface area contributed by atoms with Crippen molar-refractivity contribution in [3.05, 3.63) is 89.8 Å². The third kappa shape index (κ3) is 4.42. The van der Waals surface area contributed by atoms with Crippen molar-refractivity contribution in [3.8, 4) is 0 Å². The molecule has 0 radical (unpaired) electrons. The molecule has 26 heavy (non-hydrogen) atoms. The average Bonchev–Trinajstić information content (AvgIpc) is 2.65. The van der Waals surface area contributed by atoms with E-state index in [1.54, 1.807) is 42.6 Å². The molecule has 1 heterocycles. The summed E-state index contributed by atoms with van der Waals surface area (Å²) in [4.78, 5) is 16.3. The first-order valence-electron chi connectivity index (χ1n) is 8.11. The van der Waals surface area contributed by atoms with Gasteiger partial charge in [-0.05, 0) is 36.2 Å². The molecule has 6 heteroatoms. The van der Waals surface area contributed by atoms with Gasteiger partial charge in [0.2, 0.25) is 0 Å². The highest BCUT2D eigenvalue weighted by Gasteiger charge is 2.10. The van der Waals surface area contributed by atoms with Crippen molar-refractivity contribution in [2.45, 2.75) is 6.42 Å². The summed E-state index contributed by atoms with van der Waals surface area (Å²) in [7, 11) is 0. The summed E-state index contributed by atoms with van der Waals surface area (Å²) in [6.07, 6.45) is 3.47. The first kappa shape index (κ1) is 17.5. The van der Waals surface area contributed by atoms with Crippen molar-refractivity contribution in [1.29, 1.82) is 0 Å². The number of hydrogen-bond acceptors (Lipinski definition) is 3. The Hall–Kier alpha value is -3.28. The zero-order chi connectivity index (χ0) is 18.4. The molecule has 2 N–H and O–H groups in total. The molecule has 2 aromatic carbocycles. The smallest absolute Gasteiger partial charge is 0.257 e. The van der Waals surface area contributed by atoms with E-state index < -0.39 is 11.7 Å². The lowest BCUT2D eigenvalue weighted by molar-refractivity contribution is 0.102. The van der Waals surface area contributed by atoms with Crippen LogP contribution in [0.25, 0.3) is 0 Å². The lowest BCUT2D eigenvalue weighted by Crippen LogP contribution is -2.14. The molecule has 0 bridgehead atoms. The number of amides is 1. The molecule has 1 amide bonds. The zero-order valence-corrected chi connectivity index (χ0v) is 13.9. The van der Waals surface area contributed by atoms with E-state index in [9.17, 15) is 13.6 Å².